The number of rotatable bonds is 4. The molecule has 0 bridgehead atoms. The zero-order chi connectivity index (χ0) is 12.1. The average Bonchev–Trinajstić information content (AvgIpc) is 2.25. The highest BCUT2D eigenvalue weighted by molar-refractivity contribution is 6.31. The Morgan fingerprint density at radius 2 is 2.19 bits per heavy atom. The summed E-state index contributed by atoms with van der Waals surface area (Å²) in [6.45, 7) is 2.84. The van der Waals surface area contributed by atoms with E-state index in [1.165, 1.54) is 0 Å². The maximum Gasteiger partial charge on any atom is 0.255 e. The lowest BCUT2D eigenvalue weighted by Gasteiger charge is -2.17. The monoisotopic (exact) mass is 240 g/mol. The van der Waals surface area contributed by atoms with Gasteiger partial charge in [-0.25, -0.2) is 0 Å². The lowest BCUT2D eigenvalue weighted by Crippen LogP contribution is -2.28. The van der Waals surface area contributed by atoms with Crippen LogP contribution >= 0.6 is 11.6 Å². The first-order valence-electron chi connectivity index (χ1n) is 5.36. The van der Waals surface area contributed by atoms with Crippen LogP contribution in [-0.2, 0) is 0 Å². The number of nitrogens with zero attached hydrogens (tertiary/aromatic N) is 1. The Hall–Kier alpha value is -1.22. The van der Waals surface area contributed by atoms with Crippen molar-refractivity contribution >= 4 is 23.2 Å². The number of hydrogen-bond donors (Lipinski definition) is 1. The minimum absolute atomic E-state index is 0.0531. The maximum atomic E-state index is 12.0. The predicted molar refractivity (Wildman–Crippen MR) is 67.7 cm³/mol. The second-order valence-electron chi connectivity index (χ2n) is 3.81. The van der Waals surface area contributed by atoms with Gasteiger partial charge in [-0.15, -0.1) is 0 Å². The number of anilines is 1. The van der Waals surface area contributed by atoms with Gasteiger partial charge in [-0.1, -0.05) is 24.9 Å². The second kappa shape index (κ2) is 5.75. The molecule has 1 rings (SSSR count). The fraction of sp³-hybridized carbons (Fsp3) is 0.417. The average molecular weight is 241 g/mol. The third kappa shape index (κ3) is 3.14. The smallest absolute Gasteiger partial charge is 0.255 e. The van der Waals surface area contributed by atoms with Gasteiger partial charge < -0.3 is 10.6 Å². The Bertz CT molecular complexity index is 379. The van der Waals surface area contributed by atoms with Crippen molar-refractivity contribution in [3.8, 4) is 0 Å². The zero-order valence-corrected chi connectivity index (χ0v) is 10.4. The van der Waals surface area contributed by atoms with Gasteiger partial charge >= 0.3 is 0 Å². The highest BCUT2D eigenvalue weighted by atomic mass is 35.5. The highest BCUT2D eigenvalue weighted by Gasteiger charge is 2.13. The first-order valence-corrected chi connectivity index (χ1v) is 5.74. The van der Waals surface area contributed by atoms with Gasteiger partial charge in [-0.05, 0) is 24.6 Å². The molecule has 88 valence electrons. The second-order valence-corrected chi connectivity index (χ2v) is 4.25. The van der Waals surface area contributed by atoms with Crippen LogP contribution in [0.2, 0.25) is 5.02 Å². The van der Waals surface area contributed by atoms with Crippen LogP contribution in [0.1, 0.15) is 30.1 Å². The molecule has 16 heavy (non-hydrogen) atoms. The van der Waals surface area contributed by atoms with E-state index in [2.05, 4.69) is 6.92 Å². The SMILES string of the molecule is CCCCN(C)C(=O)c1ccc(Cl)cc1N. The first kappa shape index (κ1) is 12.8. The lowest BCUT2D eigenvalue weighted by atomic mass is 10.1. The summed E-state index contributed by atoms with van der Waals surface area (Å²) in [5, 5.41) is 0.547. The number of benzene rings is 1. The van der Waals surface area contributed by atoms with Gasteiger partial charge in [-0.2, -0.15) is 0 Å². The highest BCUT2D eigenvalue weighted by Crippen LogP contribution is 2.19. The van der Waals surface area contributed by atoms with Crippen LogP contribution in [0.15, 0.2) is 18.2 Å². The molecule has 0 aromatic heterocycles. The van der Waals surface area contributed by atoms with Gasteiger partial charge in [-0.3, -0.25) is 4.79 Å². The maximum absolute atomic E-state index is 12.0. The van der Waals surface area contributed by atoms with Gasteiger partial charge in [0.15, 0.2) is 0 Å². The van der Waals surface area contributed by atoms with Crippen LogP contribution in [0.3, 0.4) is 0 Å². The van der Waals surface area contributed by atoms with Crippen molar-refractivity contribution in [2.75, 3.05) is 19.3 Å². The summed E-state index contributed by atoms with van der Waals surface area (Å²) in [7, 11) is 1.78. The van der Waals surface area contributed by atoms with Gasteiger partial charge in [0.1, 0.15) is 0 Å². The van der Waals surface area contributed by atoms with Crippen molar-refractivity contribution in [2.45, 2.75) is 19.8 Å². The summed E-state index contributed by atoms with van der Waals surface area (Å²) >= 11 is 5.78. The van der Waals surface area contributed by atoms with E-state index in [0.717, 1.165) is 19.4 Å². The fourth-order valence-corrected chi connectivity index (χ4v) is 1.61. The summed E-state index contributed by atoms with van der Waals surface area (Å²) in [6, 6.07) is 4.95. The summed E-state index contributed by atoms with van der Waals surface area (Å²) in [5.41, 5.74) is 6.70. The molecule has 3 nitrogen and oxygen atoms in total. The topological polar surface area (TPSA) is 46.3 Å². The van der Waals surface area contributed by atoms with Crippen LogP contribution in [0.5, 0.6) is 0 Å². The predicted octanol–water partition coefficient (Wildman–Crippen LogP) is 2.79. The van der Waals surface area contributed by atoms with E-state index in [9.17, 15) is 4.79 Å². The molecule has 1 aromatic rings. The quantitative estimate of drug-likeness (QED) is 0.823. The number of unbranched alkanes of at least 4 members (excludes halogenated alkanes) is 1. The first-order chi connectivity index (χ1) is 7.56. The molecule has 0 heterocycles. The normalized spacial score (nSPS) is 10.2. The minimum Gasteiger partial charge on any atom is -0.398 e. The lowest BCUT2D eigenvalue weighted by molar-refractivity contribution is 0.0794. The van der Waals surface area contributed by atoms with Crippen molar-refractivity contribution in [3.05, 3.63) is 28.8 Å². The van der Waals surface area contributed by atoms with E-state index in [-0.39, 0.29) is 5.91 Å². The minimum atomic E-state index is -0.0531. The van der Waals surface area contributed by atoms with E-state index in [1.54, 1.807) is 30.1 Å². The van der Waals surface area contributed by atoms with Gasteiger partial charge in [0, 0.05) is 24.3 Å². The number of hydrogen-bond acceptors (Lipinski definition) is 2. The third-order valence-corrected chi connectivity index (χ3v) is 2.67. The van der Waals surface area contributed by atoms with E-state index >= 15 is 0 Å². The van der Waals surface area contributed by atoms with Crippen LogP contribution in [-0.4, -0.2) is 24.4 Å². The molecule has 0 unspecified atom stereocenters. The third-order valence-electron chi connectivity index (χ3n) is 2.44. The molecule has 0 spiro atoms. The van der Waals surface area contributed by atoms with E-state index in [0.29, 0.717) is 16.3 Å². The molecule has 0 fully saturated rings. The van der Waals surface area contributed by atoms with Crippen LogP contribution in [0.4, 0.5) is 5.69 Å². The van der Waals surface area contributed by atoms with Gasteiger partial charge in [0.2, 0.25) is 0 Å². The molecule has 0 aliphatic heterocycles. The molecule has 4 heteroatoms. The van der Waals surface area contributed by atoms with Crippen molar-refractivity contribution < 1.29 is 4.79 Å². The molecular formula is C12H17ClN2O. The number of carbonyl (C=O) groups is 1. The Balaban J connectivity index is 2.79. The van der Waals surface area contributed by atoms with Crippen molar-refractivity contribution in [3.63, 3.8) is 0 Å². The molecule has 2 N–H and O–H groups in total. The molecule has 0 saturated carbocycles. The standard InChI is InChI=1S/C12H17ClN2O/c1-3-4-7-15(2)12(16)10-6-5-9(13)8-11(10)14/h5-6,8H,3-4,7,14H2,1-2H3. The van der Waals surface area contributed by atoms with Crippen LogP contribution in [0, 0.1) is 0 Å². The number of halogens is 1. The molecule has 0 aliphatic rings. The van der Waals surface area contributed by atoms with Gasteiger partial charge in [0.25, 0.3) is 5.91 Å². The summed E-state index contributed by atoms with van der Waals surface area (Å²) in [5.74, 6) is -0.0531. The largest absolute Gasteiger partial charge is 0.398 e. The van der Waals surface area contributed by atoms with Crippen LogP contribution in [0.25, 0.3) is 0 Å². The number of nitrogens with two attached hydrogens (primary N) is 1. The Kier molecular flexibility index (Phi) is 4.62. The van der Waals surface area contributed by atoms with Gasteiger partial charge in [0.05, 0.1) is 5.56 Å². The van der Waals surface area contributed by atoms with E-state index < -0.39 is 0 Å². The molecule has 0 saturated heterocycles. The fourth-order valence-electron chi connectivity index (χ4n) is 1.43. The summed E-state index contributed by atoms with van der Waals surface area (Å²) < 4.78 is 0. The van der Waals surface area contributed by atoms with Crippen molar-refractivity contribution in [1.82, 2.24) is 4.90 Å². The molecule has 0 radical (unpaired) electrons. The number of carbonyl (C=O) groups excluding carboxylic acids is 1. The Morgan fingerprint density at radius 1 is 1.50 bits per heavy atom. The van der Waals surface area contributed by atoms with E-state index in [1.807, 2.05) is 0 Å². The number of nitrogen functional groups attached to an aromatic ring is 1. The molecule has 1 aromatic carbocycles. The van der Waals surface area contributed by atoms with Crippen molar-refractivity contribution in [2.24, 2.45) is 0 Å². The Labute approximate surface area is 101 Å². The van der Waals surface area contributed by atoms with E-state index in [4.69, 9.17) is 17.3 Å². The Morgan fingerprint density at radius 3 is 2.75 bits per heavy atom. The molecule has 0 atom stereocenters. The molecule has 1 amide bonds. The zero-order valence-electron chi connectivity index (χ0n) is 9.66. The summed E-state index contributed by atoms with van der Waals surface area (Å²) in [4.78, 5) is 13.7. The van der Waals surface area contributed by atoms with Crippen molar-refractivity contribution in [1.29, 1.82) is 0 Å². The summed E-state index contributed by atoms with van der Waals surface area (Å²) in [6.07, 6.45) is 2.06. The molecule has 0 aliphatic carbocycles. The van der Waals surface area contributed by atoms with Crippen LogP contribution < -0.4 is 5.73 Å². The number of amides is 1. The molecular weight excluding hydrogens is 224 g/mol.